The molecule has 0 aliphatic heterocycles. The molecule has 0 atom stereocenters. The molecule has 0 aromatic heterocycles. The molecule has 0 spiro atoms. The van der Waals surface area contributed by atoms with Gasteiger partial charge in [0.1, 0.15) is 4.99 Å². The first-order chi connectivity index (χ1) is 6.72. The van der Waals surface area contributed by atoms with Crippen LogP contribution in [0.1, 0.15) is 6.92 Å². The third kappa shape index (κ3) is 3.58. The maximum atomic E-state index is 5.15. The van der Waals surface area contributed by atoms with E-state index in [4.69, 9.17) is 12.2 Å². The normalized spacial score (nSPS) is 10.9. The summed E-state index contributed by atoms with van der Waals surface area (Å²) in [6.07, 6.45) is 1.89. The number of nitrogens with one attached hydrogen (secondary N) is 2. The minimum Gasteiger partial charge on any atom is -0.392 e. The van der Waals surface area contributed by atoms with Gasteiger partial charge in [-0.25, -0.2) is 0 Å². The maximum Gasteiger partial charge on any atom is 0.105 e. The average molecular weight is 206 g/mol. The molecule has 0 aliphatic rings. The first kappa shape index (κ1) is 10.7. The molecule has 14 heavy (non-hydrogen) atoms. The molecule has 2 N–H and O–H groups in total. The molecular formula is C11H14N2S. The summed E-state index contributed by atoms with van der Waals surface area (Å²) in [5.74, 6) is 0. The van der Waals surface area contributed by atoms with Gasteiger partial charge in [0.15, 0.2) is 0 Å². The van der Waals surface area contributed by atoms with Crippen molar-refractivity contribution in [3.05, 3.63) is 42.1 Å². The molecule has 1 aromatic rings. The highest BCUT2D eigenvalue weighted by atomic mass is 32.1. The summed E-state index contributed by atoms with van der Waals surface area (Å²) in [7, 11) is 1.87. The van der Waals surface area contributed by atoms with E-state index in [1.165, 1.54) is 0 Å². The number of hydrogen-bond donors (Lipinski definition) is 2. The van der Waals surface area contributed by atoms with E-state index in [1.54, 1.807) is 0 Å². The lowest BCUT2D eigenvalue weighted by Gasteiger charge is -2.05. The summed E-state index contributed by atoms with van der Waals surface area (Å²) < 4.78 is 0. The minimum atomic E-state index is 0.711. The van der Waals surface area contributed by atoms with E-state index in [-0.39, 0.29) is 0 Å². The van der Waals surface area contributed by atoms with Crippen LogP contribution in [0, 0.1) is 0 Å². The number of rotatable bonds is 3. The van der Waals surface area contributed by atoms with Gasteiger partial charge in [0.05, 0.1) is 0 Å². The van der Waals surface area contributed by atoms with Crippen molar-refractivity contribution >= 4 is 22.9 Å². The lowest BCUT2D eigenvalue weighted by molar-refractivity contribution is 0.993. The quantitative estimate of drug-likeness (QED) is 0.587. The predicted octanol–water partition coefficient (Wildman–Crippen LogP) is 2.55. The Morgan fingerprint density at radius 1 is 1.29 bits per heavy atom. The van der Waals surface area contributed by atoms with Crippen LogP contribution in [0.5, 0.6) is 0 Å². The van der Waals surface area contributed by atoms with Gasteiger partial charge in [-0.15, -0.1) is 0 Å². The van der Waals surface area contributed by atoms with Gasteiger partial charge in [0.2, 0.25) is 0 Å². The highest BCUT2D eigenvalue weighted by Crippen LogP contribution is 2.05. The van der Waals surface area contributed by atoms with E-state index < -0.39 is 0 Å². The van der Waals surface area contributed by atoms with Gasteiger partial charge in [-0.3, -0.25) is 0 Å². The lowest BCUT2D eigenvalue weighted by Crippen LogP contribution is -2.10. The largest absolute Gasteiger partial charge is 0.392 e. The number of thiocarbonyl (C=S) groups is 1. The summed E-state index contributed by atoms with van der Waals surface area (Å²) in [5, 5.41) is 6.14. The van der Waals surface area contributed by atoms with E-state index in [2.05, 4.69) is 10.6 Å². The molecular weight excluding hydrogens is 192 g/mol. The van der Waals surface area contributed by atoms with E-state index in [1.807, 2.05) is 50.4 Å². The summed E-state index contributed by atoms with van der Waals surface area (Å²) in [6.45, 7) is 1.97. The monoisotopic (exact) mass is 206 g/mol. The van der Waals surface area contributed by atoms with Gasteiger partial charge < -0.3 is 10.6 Å². The van der Waals surface area contributed by atoms with Crippen molar-refractivity contribution in [2.45, 2.75) is 6.92 Å². The van der Waals surface area contributed by atoms with Crippen molar-refractivity contribution in [3.8, 4) is 0 Å². The van der Waals surface area contributed by atoms with Gasteiger partial charge in [-0.2, -0.15) is 0 Å². The van der Waals surface area contributed by atoms with Crippen LogP contribution in [-0.2, 0) is 0 Å². The first-order valence-corrected chi connectivity index (χ1v) is 4.85. The Labute approximate surface area is 90.0 Å². The molecule has 1 aromatic carbocycles. The Morgan fingerprint density at radius 3 is 2.50 bits per heavy atom. The first-order valence-electron chi connectivity index (χ1n) is 4.44. The number of benzene rings is 1. The highest BCUT2D eigenvalue weighted by Gasteiger charge is 1.93. The third-order valence-electron chi connectivity index (χ3n) is 1.78. The zero-order valence-electron chi connectivity index (χ0n) is 8.37. The molecule has 0 heterocycles. The highest BCUT2D eigenvalue weighted by molar-refractivity contribution is 7.81. The second kappa shape index (κ2) is 5.40. The van der Waals surface area contributed by atoms with E-state index in [9.17, 15) is 0 Å². The van der Waals surface area contributed by atoms with E-state index in [0.29, 0.717) is 4.99 Å². The Balaban J connectivity index is 2.58. The number of anilines is 1. The Morgan fingerprint density at radius 2 is 1.93 bits per heavy atom. The SMILES string of the molecule is CN/C(C)=C\C(=S)Nc1ccccc1. The van der Waals surface area contributed by atoms with Crippen LogP contribution in [-0.4, -0.2) is 12.0 Å². The molecule has 0 saturated heterocycles. The van der Waals surface area contributed by atoms with Crippen molar-refractivity contribution in [3.63, 3.8) is 0 Å². The van der Waals surface area contributed by atoms with Crippen LogP contribution < -0.4 is 10.6 Å². The predicted molar refractivity (Wildman–Crippen MR) is 65.5 cm³/mol. The van der Waals surface area contributed by atoms with Gasteiger partial charge >= 0.3 is 0 Å². The Hall–Kier alpha value is -1.35. The van der Waals surface area contributed by atoms with E-state index in [0.717, 1.165) is 11.4 Å². The van der Waals surface area contributed by atoms with Crippen LogP contribution in [0.3, 0.4) is 0 Å². The van der Waals surface area contributed by atoms with Crippen LogP contribution >= 0.6 is 12.2 Å². The number of para-hydroxylation sites is 1. The summed E-state index contributed by atoms with van der Waals surface area (Å²) >= 11 is 5.15. The molecule has 0 radical (unpaired) electrons. The molecule has 0 unspecified atom stereocenters. The summed E-state index contributed by atoms with van der Waals surface area (Å²) in [4.78, 5) is 0.711. The van der Waals surface area contributed by atoms with Crippen molar-refractivity contribution in [1.82, 2.24) is 5.32 Å². The van der Waals surface area contributed by atoms with Crippen LogP contribution in [0.2, 0.25) is 0 Å². The van der Waals surface area contributed by atoms with Gasteiger partial charge in [-0.05, 0) is 25.1 Å². The molecule has 0 fully saturated rings. The molecule has 2 nitrogen and oxygen atoms in total. The van der Waals surface area contributed by atoms with Crippen LogP contribution in [0.25, 0.3) is 0 Å². The van der Waals surface area contributed by atoms with Gasteiger partial charge in [-0.1, -0.05) is 30.4 Å². The second-order valence-corrected chi connectivity index (χ2v) is 3.37. The van der Waals surface area contributed by atoms with Crippen molar-refractivity contribution in [2.24, 2.45) is 0 Å². The second-order valence-electron chi connectivity index (χ2n) is 2.93. The standard InChI is InChI=1S/C11H14N2S/c1-9(12-2)8-11(14)13-10-6-4-3-5-7-10/h3-8,12H,1-2H3,(H,13,14)/b9-8-. The average Bonchev–Trinajstić information content (AvgIpc) is 2.19. The molecule has 0 bridgehead atoms. The van der Waals surface area contributed by atoms with Crippen LogP contribution in [0.15, 0.2) is 42.1 Å². The van der Waals surface area contributed by atoms with Gasteiger partial charge in [0.25, 0.3) is 0 Å². The smallest absolute Gasteiger partial charge is 0.105 e. The zero-order chi connectivity index (χ0) is 10.4. The van der Waals surface area contributed by atoms with Crippen LogP contribution in [0.4, 0.5) is 5.69 Å². The van der Waals surface area contributed by atoms with Gasteiger partial charge in [0, 0.05) is 18.4 Å². The molecule has 1 rings (SSSR count). The molecule has 0 aliphatic carbocycles. The molecule has 74 valence electrons. The lowest BCUT2D eigenvalue weighted by atomic mass is 10.3. The summed E-state index contributed by atoms with van der Waals surface area (Å²) in [6, 6.07) is 9.88. The molecule has 0 saturated carbocycles. The number of hydrogen-bond acceptors (Lipinski definition) is 2. The fourth-order valence-electron chi connectivity index (χ4n) is 0.969. The fourth-order valence-corrected chi connectivity index (χ4v) is 1.26. The van der Waals surface area contributed by atoms with Crippen molar-refractivity contribution < 1.29 is 0 Å². The van der Waals surface area contributed by atoms with E-state index >= 15 is 0 Å². The Bertz CT molecular complexity index is 330. The number of allylic oxidation sites excluding steroid dienone is 1. The zero-order valence-corrected chi connectivity index (χ0v) is 9.19. The summed E-state index contributed by atoms with van der Waals surface area (Å²) in [5.41, 5.74) is 2.05. The topological polar surface area (TPSA) is 24.1 Å². The molecule has 0 amide bonds. The molecule has 3 heteroatoms. The third-order valence-corrected chi connectivity index (χ3v) is 2.00. The van der Waals surface area contributed by atoms with Crippen molar-refractivity contribution in [2.75, 3.05) is 12.4 Å². The Kier molecular flexibility index (Phi) is 4.13. The fraction of sp³-hybridized carbons (Fsp3) is 0.182. The maximum absolute atomic E-state index is 5.15. The van der Waals surface area contributed by atoms with Crippen molar-refractivity contribution in [1.29, 1.82) is 0 Å². The minimum absolute atomic E-state index is 0.711.